The third-order valence-corrected chi connectivity index (χ3v) is 3.11. The van der Waals surface area contributed by atoms with Gasteiger partial charge in [0.05, 0.1) is 0 Å². The summed E-state index contributed by atoms with van der Waals surface area (Å²) < 4.78 is 0. The fourth-order valence-electron chi connectivity index (χ4n) is 2.06. The van der Waals surface area contributed by atoms with Crippen LogP contribution in [0.5, 0.6) is 0 Å². The van der Waals surface area contributed by atoms with E-state index in [9.17, 15) is 4.79 Å². The van der Waals surface area contributed by atoms with Crippen molar-refractivity contribution >= 4 is 11.9 Å². The number of amides is 1. The predicted octanol–water partition coefficient (Wildman–Crippen LogP) is 1.13. The first-order valence-electron chi connectivity index (χ1n) is 7.07. The van der Waals surface area contributed by atoms with Crippen LogP contribution in [0.2, 0.25) is 0 Å². The lowest BCUT2D eigenvalue weighted by atomic mass is 10.1. The lowest BCUT2D eigenvalue weighted by Crippen LogP contribution is -2.51. The van der Waals surface area contributed by atoms with Crippen molar-refractivity contribution in [1.29, 1.82) is 0 Å². The summed E-state index contributed by atoms with van der Waals surface area (Å²) in [5.41, 5.74) is 0. The number of nitrogens with one attached hydrogen (secondary N) is 2. The molecule has 0 spiro atoms. The van der Waals surface area contributed by atoms with E-state index in [1.54, 1.807) is 4.90 Å². The highest BCUT2D eigenvalue weighted by molar-refractivity contribution is 5.81. The second-order valence-electron chi connectivity index (χ2n) is 4.77. The van der Waals surface area contributed by atoms with Crippen molar-refractivity contribution in [3.63, 3.8) is 0 Å². The van der Waals surface area contributed by atoms with Gasteiger partial charge in [-0.3, -0.25) is 9.79 Å². The van der Waals surface area contributed by atoms with E-state index in [4.69, 9.17) is 0 Å². The highest BCUT2D eigenvalue weighted by Crippen LogP contribution is 2.09. The minimum absolute atomic E-state index is 0.230. The van der Waals surface area contributed by atoms with Crippen LogP contribution >= 0.6 is 0 Å². The van der Waals surface area contributed by atoms with Crippen molar-refractivity contribution in [3.8, 4) is 0 Å². The standard InChI is InChI=1S/C14H26N4O/c1-4-6-7-10-16-14(15-5-2)17-12-8-9-13(19)18(3)11-12/h4,6,12H,5,7-11H2,1-3H3,(H2,15,16,17). The Morgan fingerprint density at radius 1 is 1.58 bits per heavy atom. The summed E-state index contributed by atoms with van der Waals surface area (Å²) >= 11 is 0. The van der Waals surface area contributed by atoms with Crippen molar-refractivity contribution in [3.05, 3.63) is 12.2 Å². The van der Waals surface area contributed by atoms with Crippen LogP contribution in [0.1, 0.15) is 33.1 Å². The van der Waals surface area contributed by atoms with Gasteiger partial charge in [-0.1, -0.05) is 12.2 Å². The van der Waals surface area contributed by atoms with Gasteiger partial charge in [0.15, 0.2) is 5.96 Å². The van der Waals surface area contributed by atoms with Crippen LogP contribution < -0.4 is 10.6 Å². The summed E-state index contributed by atoms with van der Waals surface area (Å²) in [7, 11) is 1.85. The molecular formula is C14H26N4O. The third-order valence-electron chi connectivity index (χ3n) is 3.11. The zero-order valence-corrected chi connectivity index (χ0v) is 12.3. The topological polar surface area (TPSA) is 56.7 Å². The zero-order valence-electron chi connectivity index (χ0n) is 12.3. The van der Waals surface area contributed by atoms with E-state index in [1.807, 2.05) is 20.0 Å². The molecule has 0 aromatic heterocycles. The van der Waals surface area contributed by atoms with Crippen molar-refractivity contribution in [2.75, 3.05) is 26.7 Å². The Kier molecular flexibility index (Phi) is 7.00. The number of hydrogen-bond acceptors (Lipinski definition) is 2. The Morgan fingerprint density at radius 3 is 3.00 bits per heavy atom. The Balaban J connectivity index is 2.46. The quantitative estimate of drug-likeness (QED) is 0.339. The SMILES string of the molecule is CC=CCCN=C(NCC)NC1CCC(=O)N(C)C1. The predicted molar refractivity (Wildman–Crippen MR) is 79.2 cm³/mol. The molecule has 0 radical (unpaired) electrons. The van der Waals surface area contributed by atoms with Crippen LogP contribution in [-0.4, -0.2) is 49.5 Å². The van der Waals surface area contributed by atoms with Crippen molar-refractivity contribution in [2.45, 2.75) is 39.2 Å². The summed E-state index contributed by atoms with van der Waals surface area (Å²) in [6, 6.07) is 0.294. The van der Waals surface area contributed by atoms with Crippen molar-refractivity contribution < 1.29 is 4.79 Å². The average Bonchev–Trinajstić information content (AvgIpc) is 2.39. The Hall–Kier alpha value is -1.52. The van der Waals surface area contributed by atoms with Gasteiger partial charge in [0, 0.05) is 39.1 Å². The normalized spacial score (nSPS) is 21.0. The van der Waals surface area contributed by atoms with Crippen LogP contribution in [0.3, 0.4) is 0 Å². The van der Waals surface area contributed by atoms with Gasteiger partial charge < -0.3 is 15.5 Å². The van der Waals surface area contributed by atoms with Gasteiger partial charge in [-0.2, -0.15) is 0 Å². The molecule has 0 saturated carbocycles. The van der Waals surface area contributed by atoms with Crippen molar-refractivity contribution in [1.82, 2.24) is 15.5 Å². The van der Waals surface area contributed by atoms with Gasteiger partial charge in [-0.25, -0.2) is 0 Å². The first-order valence-corrected chi connectivity index (χ1v) is 7.07. The summed E-state index contributed by atoms with van der Waals surface area (Å²) in [5, 5.41) is 6.65. The number of guanidine groups is 1. The fraction of sp³-hybridized carbons (Fsp3) is 0.714. The Labute approximate surface area is 116 Å². The molecule has 108 valence electrons. The number of likely N-dealkylation sites (tertiary alicyclic amines) is 1. The molecule has 19 heavy (non-hydrogen) atoms. The average molecular weight is 266 g/mol. The van der Waals surface area contributed by atoms with E-state index >= 15 is 0 Å². The number of hydrogen-bond donors (Lipinski definition) is 2. The molecule has 0 bridgehead atoms. The molecule has 2 N–H and O–H groups in total. The maximum absolute atomic E-state index is 11.4. The minimum atomic E-state index is 0.230. The highest BCUT2D eigenvalue weighted by Gasteiger charge is 2.23. The number of nitrogens with zero attached hydrogens (tertiary/aromatic N) is 2. The molecule has 0 aromatic carbocycles. The number of allylic oxidation sites excluding steroid dienone is 1. The molecule has 1 saturated heterocycles. The highest BCUT2D eigenvalue weighted by atomic mass is 16.2. The second-order valence-corrected chi connectivity index (χ2v) is 4.77. The molecule has 0 aromatic rings. The maximum Gasteiger partial charge on any atom is 0.222 e. The first kappa shape index (κ1) is 15.5. The Morgan fingerprint density at radius 2 is 2.37 bits per heavy atom. The number of piperidine rings is 1. The summed E-state index contributed by atoms with van der Waals surface area (Å²) in [6.07, 6.45) is 6.60. The molecule has 1 atom stereocenters. The number of aliphatic imine (C=N–C) groups is 1. The molecule has 1 fully saturated rings. The molecule has 5 nitrogen and oxygen atoms in total. The van der Waals surface area contributed by atoms with Gasteiger partial charge in [0.25, 0.3) is 0 Å². The second kappa shape index (κ2) is 8.56. The summed E-state index contributed by atoms with van der Waals surface area (Å²) in [6.45, 7) is 6.44. The van der Waals surface area contributed by atoms with Gasteiger partial charge in [0.1, 0.15) is 0 Å². The molecule has 1 amide bonds. The van der Waals surface area contributed by atoms with E-state index < -0.39 is 0 Å². The van der Waals surface area contributed by atoms with E-state index in [2.05, 4.69) is 28.6 Å². The lowest BCUT2D eigenvalue weighted by molar-refractivity contribution is -0.132. The Bertz CT molecular complexity index is 338. The van der Waals surface area contributed by atoms with Gasteiger partial charge in [-0.15, -0.1) is 0 Å². The summed E-state index contributed by atoms with van der Waals surface area (Å²) in [5.74, 6) is 1.08. The summed E-state index contributed by atoms with van der Waals surface area (Å²) in [4.78, 5) is 17.8. The molecule has 0 aliphatic carbocycles. The van der Waals surface area contributed by atoms with E-state index in [-0.39, 0.29) is 5.91 Å². The largest absolute Gasteiger partial charge is 0.357 e. The smallest absolute Gasteiger partial charge is 0.222 e. The number of carbonyl (C=O) groups is 1. The molecule has 5 heteroatoms. The van der Waals surface area contributed by atoms with Crippen LogP contribution in [-0.2, 0) is 4.79 Å². The molecular weight excluding hydrogens is 240 g/mol. The van der Waals surface area contributed by atoms with Gasteiger partial charge >= 0.3 is 0 Å². The number of rotatable bonds is 5. The lowest BCUT2D eigenvalue weighted by Gasteiger charge is -2.31. The van der Waals surface area contributed by atoms with E-state index in [0.29, 0.717) is 12.5 Å². The number of carbonyl (C=O) groups excluding carboxylic acids is 1. The monoisotopic (exact) mass is 266 g/mol. The van der Waals surface area contributed by atoms with Crippen LogP contribution in [0.15, 0.2) is 17.1 Å². The maximum atomic E-state index is 11.4. The van der Waals surface area contributed by atoms with Crippen LogP contribution in [0.4, 0.5) is 0 Å². The van der Waals surface area contributed by atoms with Crippen LogP contribution in [0.25, 0.3) is 0 Å². The molecule has 1 unspecified atom stereocenters. The zero-order chi connectivity index (χ0) is 14.1. The first-order chi connectivity index (χ1) is 9.17. The molecule has 1 rings (SSSR count). The fourth-order valence-corrected chi connectivity index (χ4v) is 2.06. The molecule has 1 aliphatic heterocycles. The minimum Gasteiger partial charge on any atom is -0.357 e. The van der Waals surface area contributed by atoms with E-state index in [1.165, 1.54) is 0 Å². The van der Waals surface area contributed by atoms with Crippen LogP contribution in [0, 0.1) is 0 Å². The van der Waals surface area contributed by atoms with Gasteiger partial charge in [-0.05, 0) is 26.7 Å². The molecule has 1 heterocycles. The third kappa shape index (κ3) is 5.77. The molecule has 1 aliphatic rings. The van der Waals surface area contributed by atoms with Gasteiger partial charge in [0.2, 0.25) is 5.91 Å². The van der Waals surface area contributed by atoms with E-state index in [0.717, 1.165) is 38.4 Å². The van der Waals surface area contributed by atoms with Crippen molar-refractivity contribution in [2.24, 2.45) is 4.99 Å². The number of likely N-dealkylation sites (N-methyl/N-ethyl adjacent to an activating group) is 1.